The standard InChI is InChI=1S/C81H144O16P2/c1-4-7-10-13-16-19-22-24-26-28-30-32-34-35-36-37-38-39-41-43-44-46-48-50-53-55-58-61-64-67-79(84)91-70-76(82)71-93-98(87,88)94-72-77(83)73-95-99(89,90)96-75-78(97-81(86)69-66-63-60-57-52-21-18-15-12-9-6-3)74-92-80(85)68-65-62-59-56-54-51-49-47-45-42-40-33-31-29-27-25-23-20-17-14-11-8-5-2/h16-17,19-20,24-27,30-33,35-36,42,45,76-78,82-83H,4-15,18,21-23,28-29,34,37-41,43-44,46-75H2,1-3H3,(H,87,88)(H,89,90)/b19-16-,20-17-,26-24-,27-25-,32-30-,33-31-,36-35-,45-42-. The quantitative estimate of drug-likeness (QED) is 0.0146. The molecule has 0 aromatic rings. The average Bonchev–Trinajstić information content (AvgIpc) is 1.26. The largest absolute Gasteiger partial charge is 0.472 e. The third kappa shape index (κ3) is 75.5. The number of rotatable bonds is 75. The smallest absolute Gasteiger partial charge is 0.463 e. The summed E-state index contributed by atoms with van der Waals surface area (Å²) in [6, 6.07) is 0. The predicted molar refractivity (Wildman–Crippen MR) is 408 cm³/mol. The van der Waals surface area contributed by atoms with Crippen molar-refractivity contribution in [1.82, 2.24) is 0 Å². The van der Waals surface area contributed by atoms with Crippen molar-refractivity contribution in [2.24, 2.45) is 0 Å². The normalized spacial score (nSPS) is 14.5. The van der Waals surface area contributed by atoms with Crippen LogP contribution in [0.15, 0.2) is 97.2 Å². The SMILES string of the molecule is CCCCC/C=C\C/C=C\C/C=C\C/C=C\CCCCCCCCCCCCCCCC(=O)OCC(O)COP(=O)(O)OCC(O)COP(=O)(O)OCC(COC(=O)CCCCCCCCC/C=C\C/C=C\C/C=C\C/C=C\CCCCC)OC(=O)CCCCCCCCCCCCC. The lowest BCUT2D eigenvalue weighted by atomic mass is 10.0. The number of allylic oxidation sites excluding steroid dienone is 16. The highest BCUT2D eigenvalue weighted by molar-refractivity contribution is 7.47. The van der Waals surface area contributed by atoms with E-state index in [4.69, 9.17) is 32.3 Å². The molecule has 0 amide bonds. The van der Waals surface area contributed by atoms with Gasteiger partial charge in [-0.15, -0.1) is 0 Å². The van der Waals surface area contributed by atoms with E-state index in [1.807, 2.05) is 0 Å². The first kappa shape index (κ1) is 95.5. The molecule has 18 heteroatoms. The van der Waals surface area contributed by atoms with Gasteiger partial charge in [0.15, 0.2) is 6.10 Å². The second-order valence-corrected chi connectivity index (χ2v) is 29.4. The molecule has 0 aliphatic rings. The van der Waals surface area contributed by atoms with Crippen LogP contribution in [0.3, 0.4) is 0 Å². The van der Waals surface area contributed by atoms with Crippen LogP contribution in [0.25, 0.3) is 0 Å². The molecule has 0 aromatic heterocycles. The van der Waals surface area contributed by atoms with Crippen molar-refractivity contribution in [3.63, 3.8) is 0 Å². The van der Waals surface area contributed by atoms with Gasteiger partial charge in [0.25, 0.3) is 0 Å². The minimum absolute atomic E-state index is 0.105. The molecule has 0 aromatic carbocycles. The maximum absolute atomic E-state index is 12.9. The molecule has 574 valence electrons. The second-order valence-electron chi connectivity index (χ2n) is 26.5. The summed E-state index contributed by atoms with van der Waals surface area (Å²) in [4.78, 5) is 58.5. The molecule has 16 nitrogen and oxygen atoms in total. The van der Waals surface area contributed by atoms with Crippen LogP contribution in [0, 0.1) is 0 Å². The highest BCUT2D eigenvalue weighted by atomic mass is 31.2. The van der Waals surface area contributed by atoms with Gasteiger partial charge in [0.1, 0.15) is 25.4 Å². The topological polar surface area (TPSA) is 231 Å². The zero-order valence-corrected chi connectivity index (χ0v) is 64.4. The average molecular weight is 1440 g/mol. The maximum atomic E-state index is 12.9. The Hall–Kier alpha value is -3.53. The number of hydrogen-bond donors (Lipinski definition) is 4. The highest BCUT2D eigenvalue weighted by Gasteiger charge is 2.29. The van der Waals surface area contributed by atoms with Gasteiger partial charge in [0, 0.05) is 19.3 Å². The fourth-order valence-electron chi connectivity index (χ4n) is 10.7. The van der Waals surface area contributed by atoms with Crippen LogP contribution < -0.4 is 0 Å². The van der Waals surface area contributed by atoms with Crippen molar-refractivity contribution in [2.45, 2.75) is 360 Å². The van der Waals surface area contributed by atoms with Crippen LogP contribution in [-0.2, 0) is 55.8 Å². The summed E-state index contributed by atoms with van der Waals surface area (Å²) in [6.07, 6.45) is 84.6. The molecule has 0 saturated carbocycles. The Morgan fingerprint density at radius 1 is 0.283 bits per heavy atom. The molecule has 99 heavy (non-hydrogen) atoms. The zero-order valence-electron chi connectivity index (χ0n) is 62.6. The van der Waals surface area contributed by atoms with Crippen LogP contribution in [0.4, 0.5) is 0 Å². The van der Waals surface area contributed by atoms with E-state index in [9.17, 15) is 43.5 Å². The van der Waals surface area contributed by atoms with Crippen LogP contribution >= 0.6 is 15.6 Å². The molecule has 0 aliphatic carbocycles. The molecule has 0 heterocycles. The van der Waals surface area contributed by atoms with E-state index < -0.39 is 91.5 Å². The molecule has 5 atom stereocenters. The molecular formula is C81H144O16P2. The van der Waals surface area contributed by atoms with Gasteiger partial charge in [-0.2, -0.15) is 0 Å². The summed E-state index contributed by atoms with van der Waals surface area (Å²) in [7, 11) is -9.78. The summed E-state index contributed by atoms with van der Waals surface area (Å²) < 4.78 is 61.1. The Labute approximate surface area is 603 Å². The highest BCUT2D eigenvalue weighted by Crippen LogP contribution is 2.45. The van der Waals surface area contributed by atoms with Crippen LogP contribution in [-0.4, -0.2) is 95.9 Å². The first-order chi connectivity index (χ1) is 48.2. The molecule has 0 fully saturated rings. The van der Waals surface area contributed by atoms with Crippen molar-refractivity contribution < 1.29 is 75.8 Å². The molecule has 0 spiro atoms. The van der Waals surface area contributed by atoms with Crippen LogP contribution in [0.1, 0.15) is 342 Å². The van der Waals surface area contributed by atoms with E-state index in [1.165, 1.54) is 148 Å². The van der Waals surface area contributed by atoms with E-state index in [2.05, 4.69) is 118 Å². The molecule has 0 rings (SSSR count). The minimum atomic E-state index is -4.93. The minimum Gasteiger partial charge on any atom is -0.463 e. The second kappa shape index (κ2) is 74.2. The van der Waals surface area contributed by atoms with Crippen molar-refractivity contribution in [3.8, 4) is 0 Å². The monoisotopic (exact) mass is 1430 g/mol. The number of phosphoric acid groups is 2. The number of carbonyl (C=O) groups is 3. The summed E-state index contributed by atoms with van der Waals surface area (Å²) in [5, 5.41) is 20.6. The van der Waals surface area contributed by atoms with Gasteiger partial charge in [-0.1, -0.05) is 311 Å². The molecule has 0 radical (unpaired) electrons. The Bertz CT molecular complexity index is 2190. The number of carbonyl (C=O) groups excluding carboxylic acids is 3. The fraction of sp³-hybridized carbons (Fsp3) is 0.765. The molecule has 0 saturated heterocycles. The summed E-state index contributed by atoms with van der Waals surface area (Å²) >= 11 is 0. The number of aliphatic hydroxyl groups is 2. The number of hydrogen-bond acceptors (Lipinski definition) is 14. The van der Waals surface area contributed by atoms with Crippen LogP contribution in [0.2, 0.25) is 0 Å². The van der Waals surface area contributed by atoms with Crippen molar-refractivity contribution >= 4 is 33.6 Å². The van der Waals surface area contributed by atoms with Gasteiger partial charge in [-0.25, -0.2) is 9.13 Å². The third-order valence-corrected chi connectivity index (χ3v) is 18.7. The van der Waals surface area contributed by atoms with Crippen molar-refractivity contribution in [3.05, 3.63) is 97.2 Å². The van der Waals surface area contributed by atoms with E-state index >= 15 is 0 Å². The lowest BCUT2D eigenvalue weighted by molar-refractivity contribution is -0.161. The lowest BCUT2D eigenvalue weighted by Crippen LogP contribution is -2.30. The molecule has 4 N–H and O–H groups in total. The first-order valence-corrected chi connectivity index (χ1v) is 42.5. The molecule has 0 aliphatic heterocycles. The van der Waals surface area contributed by atoms with E-state index in [0.29, 0.717) is 19.3 Å². The number of phosphoric ester groups is 2. The fourth-order valence-corrected chi connectivity index (χ4v) is 12.3. The molecule has 5 unspecified atom stereocenters. The molecule has 0 bridgehead atoms. The van der Waals surface area contributed by atoms with E-state index in [0.717, 1.165) is 135 Å². The Morgan fingerprint density at radius 2 is 0.505 bits per heavy atom. The van der Waals surface area contributed by atoms with Crippen LogP contribution in [0.5, 0.6) is 0 Å². The number of unbranched alkanes of at least 4 members (excludes halogenated alkanes) is 36. The van der Waals surface area contributed by atoms with Gasteiger partial charge in [-0.05, 0) is 109 Å². The summed E-state index contributed by atoms with van der Waals surface area (Å²) in [6.45, 7) is 2.63. The number of aliphatic hydroxyl groups excluding tert-OH is 2. The van der Waals surface area contributed by atoms with Gasteiger partial charge >= 0.3 is 33.6 Å². The first-order valence-electron chi connectivity index (χ1n) is 39.5. The van der Waals surface area contributed by atoms with Gasteiger partial charge < -0.3 is 34.2 Å². The summed E-state index contributed by atoms with van der Waals surface area (Å²) in [5.74, 6) is -1.58. The van der Waals surface area contributed by atoms with Crippen molar-refractivity contribution in [2.75, 3.05) is 39.6 Å². The van der Waals surface area contributed by atoms with E-state index in [1.54, 1.807) is 0 Å². The Morgan fingerprint density at radius 3 is 0.818 bits per heavy atom. The zero-order chi connectivity index (χ0) is 72.3. The number of ether oxygens (including phenoxy) is 3. The summed E-state index contributed by atoms with van der Waals surface area (Å²) in [5.41, 5.74) is 0. The van der Waals surface area contributed by atoms with E-state index in [-0.39, 0.29) is 19.3 Å². The number of esters is 3. The Balaban J connectivity index is 4.44. The van der Waals surface area contributed by atoms with Gasteiger partial charge in [-0.3, -0.25) is 32.5 Å². The van der Waals surface area contributed by atoms with Gasteiger partial charge in [0.2, 0.25) is 0 Å². The third-order valence-electron chi connectivity index (χ3n) is 16.8. The lowest BCUT2D eigenvalue weighted by Gasteiger charge is -2.21. The molecular weight excluding hydrogens is 1290 g/mol. The van der Waals surface area contributed by atoms with Gasteiger partial charge in [0.05, 0.1) is 26.4 Å². The predicted octanol–water partition coefficient (Wildman–Crippen LogP) is 23.0. The maximum Gasteiger partial charge on any atom is 0.472 e. The van der Waals surface area contributed by atoms with Crippen molar-refractivity contribution in [1.29, 1.82) is 0 Å². The Kier molecular flexibility index (Phi) is 71.6.